The number of sulfonamides is 1. The molecule has 0 heterocycles. The number of carboxylic acids is 1. The zero-order valence-corrected chi connectivity index (χ0v) is 10.8. The zero-order valence-electron chi connectivity index (χ0n) is 10.0. The third-order valence-electron chi connectivity index (χ3n) is 2.13. The molecule has 0 bridgehead atoms. The highest BCUT2D eigenvalue weighted by molar-refractivity contribution is 7.89. The molecule has 1 aromatic carbocycles. The van der Waals surface area contributed by atoms with Crippen LogP contribution in [0.2, 0.25) is 0 Å². The SMILES string of the molecule is C[C@H](NS(=O)(=O)c1ccc(OC(F)F)c(F)c1)C(=O)O. The van der Waals surface area contributed by atoms with Crippen LogP contribution >= 0.6 is 0 Å². The van der Waals surface area contributed by atoms with Gasteiger partial charge in [-0.3, -0.25) is 4.79 Å². The first-order valence-electron chi connectivity index (χ1n) is 5.13. The van der Waals surface area contributed by atoms with E-state index < -0.39 is 45.1 Å². The average molecular weight is 313 g/mol. The number of rotatable bonds is 6. The average Bonchev–Trinajstić information content (AvgIpc) is 2.30. The molecular weight excluding hydrogens is 303 g/mol. The van der Waals surface area contributed by atoms with E-state index in [1.54, 1.807) is 4.72 Å². The number of halogens is 3. The van der Waals surface area contributed by atoms with Crippen LogP contribution in [0.1, 0.15) is 6.92 Å². The molecule has 20 heavy (non-hydrogen) atoms. The summed E-state index contributed by atoms with van der Waals surface area (Å²) in [6, 6.07) is 0.549. The molecule has 112 valence electrons. The summed E-state index contributed by atoms with van der Waals surface area (Å²) in [5, 5.41) is 8.59. The lowest BCUT2D eigenvalue weighted by Gasteiger charge is -2.11. The fourth-order valence-corrected chi connectivity index (χ4v) is 2.40. The minimum atomic E-state index is -4.29. The number of hydrogen-bond donors (Lipinski definition) is 2. The Kier molecular flexibility index (Phi) is 4.95. The lowest BCUT2D eigenvalue weighted by molar-refractivity contribution is -0.138. The number of hydrogen-bond acceptors (Lipinski definition) is 4. The number of alkyl halides is 2. The Balaban J connectivity index is 3.03. The molecule has 2 N–H and O–H groups in total. The van der Waals surface area contributed by atoms with E-state index in [4.69, 9.17) is 5.11 Å². The molecule has 0 spiro atoms. The summed E-state index contributed by atoms with van der Waals surface area (Å²) in [5.74, 6) is -3.55. The van der Waals surface area contributed by atoms with E-state index in [0.29, 0.717) is 12.1 Å². The molecule has 6 nitrogen and oxygen atoms in total. The van der Waals surface area contributed by atoms with Crippen LogP contribution in [0.3, 0.4) is 0 Å². The van der Waals surface area contributed by atoms with Crippen LogP contribution in [0.4, 0.5) is 13.2 Å². The fourth-order valence-electron chi connectivity index (χ4n) is 1.19. The summed E-state index contributed by atoms with van der Waals surface area (Å²) in [6.45, 7) is -2.18. The van der Waals surface area contributed by atoms with Crippen molar-refractivity contribution in [2.75, 3.05) is 0 Å². The van der Waals surface area contributed by atoms with E-state index >= 15 is 0 Å². The van der Waals surface area contributed by atoms with Gasteiger partial charge in [0.2, 0.25) is 10.0 Å². The number of carbonyl (C=O) groups is 1. The van der Waals surface area contributed by atoms with Gasteiger partial charge in [0.25, 0.3) is 0 Å². The van der Waals surface area contributed by atoms with Crippen LogP contribution in [-0.2, 0) is 14.8 Å². The molecule has 1 rings (SSSR count). The molecule has 0 aliphatic heterocycles. The number of benzene rings is 1. The van der Waals surface area contributed by atoms with Gasteiger partial charge in [0, 0.05) is 0 Å². The Morgan fingerprint density at radius 1 is 1.40 bits per heavy atom. The number of ether oxygens (including phenoxy) is 1. The second-order valence-electron chi connectivity index (χ2n) is 3.65. The first-order chi connectivity index (χ1) is 9.13. The monoisotopic (exact) mass is 313 g/mol. The highest BCUT2D eigenvalue weighted by atomic mass is 32.2. The molecule has 0 unspecified atom stereocenters. The van der Waals surface area contributed by atoms with E-state index in [-0.39, 0.29) is 0 Å². The number of nitrogens with one attached hydrogen (secondary N) is 1. The van der Waals surface area contributed by atoms with Gasteiger partial charge >= 0.3 is 12.6 Å². The molecular formula is C10H10F3NO5S. The van der Waals surface area contributed by atoms with E-state index in [1.165, 1.54) is 0 Å². The van der Waals surface area contributed by atoms with Crippen LogP contribution in [-0.4, -0.2) is 32.1 Å². The lowest BCUT2D eigenvalue weighted by atomic mass is 10.3. The van der Waals surface area contributed by atoms with Crippen molar-refractivity contribution < 1.29 is 36.2 Å². The summed E-state index contributed by atoms with van der Waals surface area (Å²) in [4.78, 5) is 9.94. The second kappa shape index (κ2) is 6.09. The Labute approximate surface area is 112 Å². The standard InChI is InChI=1S/C10H10F3NO5S/c1-5(9(15)16)14-20(17,18)6-2-3-8(7(11)4-6)19-10(12)13/h2-5,10,14H,1H3,(H,15,16)/t5-/m0/s1. The van der Waals surface area contributed by atoms with Gasteiger partial charge in [0.15, 0.2) is 11.6 Å². The van der Waals surface area contributed by atoms with Gasteiger partial charge in [-0.15, -0.1) is 0 Å². The van der Waals surface area contributed by atoms with Crippen molar-refractivity contribution in [3.8, 4) is 5.75 Å². The van der Waals surface area contributed by atoms with Crippen molar-refractivity contribution >= 4 is 16.0 Å². The summed E-state index contributed by atoms with van der Waals surface area (Å²) in [6.07, 6.45) is 0. The van der Waals surface area contributed by atoms with Crippen LogP contribution in [0.15, 0.2) is 23.1 Å². The van der Waals surface area contributed by atoms with E-state index in [1.807, 2.05) is 0 Å². The molecule has 1 aromatic rings. The Hall–Kier alpha value is -1.81. The Morgan fingerprint density at radius 3 is 2.45 bits per heavy atom. The summed E-state index contributed by atoms with van der Waals surface area (Å²) >= 11 is 0. The predicted molar refractivity (Wildman–Crippen MR) is 60.5 cm³/mol. The third kappa shape index (κ3) is 4.10. The van der Waals surface area contributed by atoms with Crippen LogP contribution in [0.25, 0.3) is 0 Å². The Bertz CT molecular complexity index is 605. The minimum Gasteiger partial charge on any atom is -0.480 e. The third-order valence-corrected chi connectivity index (χ3v) is 3.67. The van der Waals surface area contributed by atoms with Crippen molar-refractivity contribution in [2.45, 2.75) is 24.5 Å². The molecule has 1 atom stereocenters. The molecule has 0 aliphatic carbocycles. The maximum atomic E-state index is 13.4. The minimum absolute atomic E-state index is 0.453. The quantitative estimate of drug-likeness (QED) is 0.822. The molecule has 10 heteroatoms. The van der Waals surface area contributed by atoms with Gasteiger partial charge in [-0.05, 0) is 25.1 Å². The molecule has 0 radical (unpaired) electrons. The molecule has 0 saturated heterocycles. The number of aliphatic carboxylic acids is 1. The Morgan fingerprint density at radius 2 is 2.00 bits per heavy atom. The first-order valence-corrected chi connectivity index (χ1v) is 6.61. The maximum absolute atomic E-state index is 13.4. The van der Waals surface area contributed by atoms with Gasteiger partial charge < -0.3 is 9.84 Å². The lowest BCUT2D eigenvalue weighted by Crippen LogP contribution is -2.38. The summed E-state index contributed by atoms with van der Waals surface area (Å²) in [5.41, 5.74) is 0. The summed E-state index contributed by atoms with van der Waals surface area (Å²) < 4.78 is 66.2. The fraction of sp³-hybridized carbons (Fsp3) is 0.300. The van der Waals surface area contributed by atoms with Crippen molar-refractivity contribution in [3.05, 3.63) is 24.0 Å². The largest absolute Gasteiger partial charge is 0.480 e. The van der Waals surface area contributed by atoms with Crippen LogP contribution in [0.5, 0.6) is 5.75 Å². The normalized spacial score (nSPS) is 13.2. The number of carboxylic acid groups (broad SMARTS) is 1. The molecule has 0 aliphatic rings. The van der Waals surface area contributed by atoms with Crippen LogP contribution < -0.4 is 9.46 Å². The maximum Gasteiger partial charge on any atom is 0.387 e. The first kappa shape index (κ1) is 16.2. The van der Waals surface area contributed by atoms with Crippen molar-refractivity contribution in [1.29, 1.82) is 0 Å². The highest BCUT2D eigenvalue weighted by Gasteiger charge is 2.23. The molecule has 0 amide bonds. The van der Waals surface area contributed by atoms with Gasteiger partial charge in [0.1, 0.15) is 6.04 Å². The molecule has 0 saturated carbocycles. The van der Waals surface area contributed by atoms with Gasteiger partial charge in [-0.2, -0.15) is 13.5 Å². The van der Waals surface area contributed by atoms with E-state index in [9.17, 15) is 26.4 Å². The van der Waals surface area contributed by atoms with E-state index in [0.717, 1.165) is 13.0 Å². The van der Waals surface area contributed by atoms with Crippen molar-refractivity contribution in [3.63, 3.8) is 0 Å². The van der Waals surface area contributed by atoms with Crippen molar-refractivity contribution in [1.82, 2.24) is 4.72 Å². The van der Waals surface area contributed by atoms with Crippen molar-refractivity contribution in [2.24, 2.45) is 0 Å². The zero-order chi connectivity index (χ0) is 15.5. The predicted octanol–water partition coefficient (Wildman–Crippen LogP) is 1.18. The molecule has 0 aromatic heterocycles. The van der Waals surface area contributed by atoms with Gasteiger partial charge in [0.05, 0.1) is 4.90 Å². The highest BCUT2D eigenvalue weighted by Crippen LogP contribution is 2.22. The van der Waals surface area contributed by atoms with Crippen LogP contribution in [0, 0.1) is 5.82 Å². The summed E-state index contributed by atoms with van der Waals surface area (Å²) in [7, 11) is -4.29. The topological polar surface area (TPSA) is 92.7 Å². The van der Waals surface area contributed by atoms with Gasteiger partial charge in [-0.1, -0.05) is 0 Å². The van der Waals surface area contributed by atoms with Gasteiger partial charge in [-0.25, -0.2) is 12.8 Å². The second-order valence-corrected chi connectivity index (χ2v) is 5.37. The smallest absolute Gasteiger partial charge is 0.387 e. The van der Waals surface area contributed by atoms with E-state index in [2.05, 4.69) is 4.74 Å². The molecule has 0 fully saturated rings.